The topological polar surface area (TPSA) is 48.3 Å². The van der Waals surface area contributed by atoms with Crippen molar-refractivity contribution < 1.29 is 9.47 Å². The van der Waals surface area contributed by atoms with Crippen LogP contribution in [0.4, 0.5) is 0 Å². The molecule has 118 valence electrons. The molecule has 5 heteroatoms. The van der Waals surface area contributed by atoms with Crippen LogP contribution in [-0.4, -0.2) is 34.8 Å². The second kappa shape index (κ2) is 6.46. The summed E-state index contributed by atoms with van der Waals surface area (Å²) in [6.07, 6.45) is 9.33. The highest BCUT2D eigenvalue weighted by Crippen LogP contribution is 2.36. The van der Waals surface area contributed by atoms with E-state index in [2.05, 4.69) is 17.3 Å². The van der Waals surface area contributed by atoms with Gasteiger partial charge in [-0.05, 0) is 19.8 Å². The molecule has 2 heterocycles. The Morgan fingerprint density at radius 1 is 1.33 bits per heavy atom. The zero-order valence-corrected chi connectivity index (χ0v) is 13.2. The van der Waals surface area contributed by atoms with Crippen molar-refractivity contribution in [3.05, 3.63) is 17.5 Å². The molecule has 1 aliphatic carbocycles. The largest absolute Gasteiger partial charge is 0.347 e. The first kappa shape index (κ1) is 15.0. The molecule has 1 aromatic heterocycles. The maximum absolute atomic E-state index is 6.24. The molecule has 1 atom stereocenters. The highest BCUT2D eigenvalue weighted by Gasteiger charge is 2.41. The highest BCUT2D eigenvalue weighted by atomic mass is 16.7. The van der Waals surface area contributed by atoms with Gasteiger partial charge in [-0.25, -0.2) is 0 Å². The van der Waals surface area contributed by atoms with E-state index < -0.39 is 0 Å². The SMILES string of the molecule is Cc1c(CNCC2COC3(CCCCCC3)O2)cnn1C. The molecule has 1 aromatic rings. The predicted octanol–water partition coefficient (Wildman–Crippen LogP) is 2.28. The summed E-state index contributed by atoms with van der Waals surface area (Å²) in [6.45, 7) is 4.50. The van der Waals surface area contributed by atoms with E-state index >= 15 is 0 Å². The zero-order chi connectivity index (χ0) is 14.7. The lowest BCUT2D eigenvalue weighted by atomic mass is 10.1. The van der Waals surface area contributed by atoms with Crippen molar-refractivity contribution in [3.63, 3.8) is 0 Å². The second-order valence-electron chi connectivity index (χ2n) is 6.39. The molecule has 21 heavy (non-hydrogen) atoms. The normalized spacial score (nSPS) is 25.3. The van der Waals surface area contributed by atoms with Gasteiger partial charge >= 0.3 is 0 Å². The van der Waals surface area contributed by atoms with Gasteiger partial charge in [0.05, 0.1) is 18.9 Å². The van der Waals surface area contributed by atoms with Crippen molar-refractivity contribution in [2.45, 2.75) is 63.9 Å². The Morgan fingerprint density at radius 2 is 2.10 bits per heavy atom. The zero-order valence-electron chi connectivity index (χ0n) is 13.2. The predicted molar refractivity (Wildman–Crippen MR) is 80.9 cm³/mol. The first-order chi connectivity index (χ1) is 10.2. The molecule has 0 radical (unpaired) electrons. The number of ether oxygens (including phenoxy) is 2. The van der Waals surface area contributed by atoms with Crippen LogP contribution in [0.15, 0.2) is 6.20 Å². The summed E-state index contributed by atoms with van der Waals surface area (Å²) < 4.78 is 14.2. The van der Waals surface area contributed by atoms with E-state index in [9.17, 15) is 0 Å². The first-order valence-electron chi connectivity index (χ1n) is 8.18. The number of nitrogens with one attached hydrogen (secondary N) is 1. The molecule has 0 bridgehead atoms. The third-order valence-corrected chi connectivity index (χ3v) is 4.80. The van der Waals surface area contributed by atoms with E-state index in [4.69, 9.17) is 9.47 Å². The summed E-state index contributed by atoms with van der Waals surface area (Å²) in [7, 11) is 1.97. The molecule has 0 aromatic carbocycles. The Hall–Kier alpha value is -0.910. The van der Waals surface area contributed by atoms with Gasteiger partial charge in [-0.15, -0.1) is 0 Å². The minimum Gasteiger partial charge on any atom is -0.347 e. The van der Waals surface area contributed by atoms with Crippen molar-refractivity contribution in [3.8, 4) is 0 Å². The van der Waals surface area contributed by atoms with E-state index in [1.54, 1.807) is 0 Å². The van der Waals surface area contributed by atoms with Crippen LogP contribution >= 0.6 is 0 Å². The average Bonchev–Trinajstić information content (AvgIpc) is 2.91. The molecule has 2 fully saturated rings. The third kappa shape index (κ3) is 3.47. The molecule has 1 aliphatic heterocycles. The fourth-order valence-electron chi connectivity index (χ4n) is 3.33. The monoisotopic (exact) mass is 293 g/mol. The van der Waals surface area contributed by atoms with Gasteiger partial charge in [0.15, 0.2) is 5.79 Å². The van der Waals surface area contributed by atoms with Gasteiger partial charge in [-0.1, -0.05) is 12.8 Å². The number of nitrogens with zero attached hydrogens (tertiary/aromatic N) is 2. The van der Waals surface area contributed by atoms with E-state index in [1.165, 1.54) is 36.9 Å². The Labute approximate surface area is 127 Å². The number of rotatable bonds is 4. The molecule has 1 saturated carbocycles. The van der Waals surface area contributed by atoms with Crippen LogP contribution in [0.5, 0.6) is 0 Å². The standard InChI is InChI=1S/C16H27N3O2/c1-13-14(10-18-19(13)2)9-17-11-15-12-20-16(21-15)7-5-3-4-6-8-16/h10,15,17H,3-9,11-12H2,1-2H3. The molecule has 0 amide bonds. The number of hydrogen-bond acceptors (Lipinski definition) is 4. The fraction of sp³-hybridized carbons (Fsp3) is 0.812. The Bertz CT molecular complexity index is 464. The molecule has 1 unspecified atom stereocenters. The van der Waals surface area contributed by atoms with Crippen LogP contribution in [0.2, 0.25) is 0 Å². The summed E-state index contributed by atoms with van der Waals surface area (Å²) in [5.41, 5.74) is 2.46. The minimum absolute atomic E-state index is 0.181. The van der Waals surface area contributed by atoms with E-state index in [-0.39, 0.29) is 11.9 Å². The van der Waals surface area contributed by atoms with E-state index in [1.807, 2.05) is 17.9 Å². The van der Waals surface area contributed by atoms with Gasteiger partial charge in [0.2, 0.25) is 0 Å². The number of hydrogen-bond donors (Lipinski definition) is 1. The summed E-state index contributed by atoms with van der Waals surface area (Å²) >= 11 is 0. The van der Waals surface area contributed by atoms with Crippen molar-refractivity contribution in [2.24, 2.45) is 7.05 Å². The maximum atomic E-state index is 6.24. The lowest BCUT2D eigenvalue weighted by molar-refractivity contribution is -0.175. The van der Waals surface area contributed by atoms with Crippen LogP contribution in [0.25, 0.3) is 0 Å². The summed E-state index contributed by atoms with van der Waals surface area (Å²) in [6, 6.07) is 0. The van der Waals surface area contributed by atoms with E-state index in [0.717, 1.165) is 32.5 Å². The molecule has 1 saturated heterocycles. The van der Waals surface area contributed by atoms with Gasteiger partial charge in [-0.3, -0.25) is 4.68 Å². The van der Waals surface area contributed by atoms with Crippen LogP contribution in [0, 0.1) is 6.92 Å². The fourth-order valence-corrected chi connectivity index (χ4v) is 3.33. The quantitative estimate of drug-likeness (QED) is 0.925. The van der Waals surface area contributed by atoms with Crippen molar-refractivity contribution in [1.82, 2.24) is 15.1 Å². The summed E-state index contributed by atoms with van der Waals surface area (Å²) in [4.78, 5) is 0. The van der Waals surface area contributed by atoms with Gasteiger partial charge in [-0.2, -0.15) is 5.10 Å². The summed E-state index contributed by atoms with van der Waals surface area (Å²) in [5, 5.41) is 7.74. The molecule has 5 nitrogen and oxygen atoms in total. The second-order valence-corrected chi connectivity index (χ2v) is 6.39. The molecular formula is C16H27N3O2. The Morgan fingerprint density at radius 3 is 2.76 bits per heavy atom. The summed E-state index contributed by atoms with van der Waals surface area (Å²) in [5.74, 6) is -0.271. The molecule has 1 spiro atoms. The van der Waals surface area contributed by atoms with Gasteiger partial charge < -0.3 is 14.8 Å². The van der Waals surface area contributed by atoms with Gasteiger partial charge in [0.1, 0.15) is 0 Å². The van der Waals surface area contributed by atoms with Crippen molar-refractivity contribution >= 4 is 0 Å². The van der Waals surface area contributed by atoms with Crippen LogP contribution in [0.3, 0.4) is 0 Å². The number of aromatic nitrogens is 2. The van der Waals surface area contributed by atoms with Crippen LogP contribution in [0.1, 0.15) is 49.8 Å². The van der Waals surface area contributed by atoms with Gasteiger partial charge in [0.25, 0.3) is 0 Å². The smallest absolute Gasteiger partial charge is 0.168 e. The van der Waals surface area contributed by atoms with Crippen LogP contribution < -0.4 is 5.32 Å². The average molecular weight is 293 g/mol. The minimum atomic E-state index is -0.271. The van der Waals surface area contributed by atoms with Crippen molar-refractivity contribution in [2.75, 3.05) is 13.2 Å². The molecular weight excluding hydrogens is 266 g/mol. The Balaban J connectivity index is 1.45. The van der Waals surface area contributed by atoms with Crippen molar-refractivity contribution in [1.29, 1.82) is 0 Å². The molecule has 3 rings (SSSR count). The van der Waals surface area contributed by atoms with Crippen LogP contribution in [-0.2, 0) is 23.1 Å². The maximum Gasteiger partial charge on any atom is 0.168 e. The lowest BCUT2D eigenvalue weighted by Gasteiger charge is -2.26. The highest BCUT2D eigenvalue weighted by molar-refractivity contribution is 5.15. The number of aryl methyl sites for hydroxylation is 1. The first-order valence-corrected chi connectivity index (χ1v) is 8.18. The molecule has 1 N–H and O–H groups in total. The Kier molecular flexibility index (Phi) is 4.62. The molecule has 2 aliphatic rings. The van der Waals surface area contributed by atoms with E-state index in [0.29, 0.717) is 0 Å². The lowest BCUT2D eigenvalue weighted by Crippen LogP contribution is -2.33. The van der Waals surface area contributed by atoms with Gasteiger partial charge in [0, 0.05) is 44.2 Å². The third-order valence-electron chi connectivity index (χ3n) is 4.80.